The summed E-state index contributed by atoms with van der Waals surface area (Å²) in [6.07, 6.45) is 1.17. The minimum absolute atomic E-state index is 0.300. The van der Waals surface area contributed by atoms with E-state index in [1.807, 2.05) is 30.3 Å². The van der Waals surface area contributed by atoms with Crippen molar-refractivity contribution in [3.8, 4) is 5.69 Å². The average molecular weight is 230 g/mol. The van der Waals surface area contributed by atoms with E-state index in [0.29, 0.717) is 18.7 Å². The molecule has 0 aliphatic heterocycles. The zero-order chi connectivity index (χ0) is 11.9. The molecule has 6 heteroatoms. The summed E-state index contributed by atoms with van der Waals surface area (Å²) in [7, 11) is 0. The summed E-state index contributed by atoms with van der Waals surface area (Å²) < 4.78 is 0. The van der Waals surface area contributed by atoms with Gasteiger partial charge in [0.25, 0.3) is 0 Å². The fourth-order valence-electron chi connectivity index (χ4n) is 1.73. The Kier molecular flexibility index (Phi) is 1.98. The van der Waals surface area contributed by atoms with Crippen LogP contribution in [0.15, 0.2) is 30.3 Å². The van der Waals surface area contributed by atoms with Crippen LogP contribution in [0.1, 0.15) is 18.7 Å². The molecule has 0 bridgehead atoms. The molecule has 6 nitrogen and oxygen atoms in total. The van der Waals surface area contributed by atoms with Crippen LogP contribution >= 0.6 is 0 Å². The summed E-state index contributed by atoms with van der Waals surface area (Å²) in [4.78, 5) is 12.5. The maximum absolute atomic E-state index is 11.1. The van der Waals surface area contributed by atoms with Crippen molar-refractivity contribution in [2.75, 3.05) is 0 Å². The maximum Gasteiger partial charge on any atom is 0.317 e. The lowest BCUT2D eigenvalue weighted by Gasteiger charge is -2.01. The summed E-state index contributed by atoms with van der Waals surface area (Å²) in [5.74, 6) is -0.570. The van der Waals surface area contributed by atoms with E-state index in [1.54, 1.807) is 0 Å². The Bertz CT molecular complexity index is 560. The number of para-hydroxylation sites is 1. The van der Waals surface area contributed by atoms with Crippen molar-refractivity contribution in [1.29, 1.82) is 0 Å². The van der Waals surface area contributed by atoms with E-state index in [1.165, 1.54) is 4.80 Å². The smallest absolute Gasteiger partial charge is 0.317 e. The molecule has 1 aliphatic rings. The fraction of sp³-hybridized carbons (Fsp3) is 0.273. The van der Waals surface area contributed by atoms with Gasteiger partial charge in [0.05, 0.1) is 5.69 Å². The number of carboxylic acids is 1. The van der Waals surface area contributed by atoms with Gasteiger partial charge in [-0.15, -0.1) is 15.0 Å². The van der Waals surface area contributed by atoms with E-state index < -0.39 is 11.4 Å². The Labute approximate surface area is 96.9 Å². The lowest BCUT2D eigenvalue weighted by atomic mass is 10.1. The van der Waals surface area contributed by atoms with Gasteiger partial charge < -0.3 is 5.11 Å². The molecule has 0 atom stereocenters. The van der Waals surface area contributed by atoms with Crippen molar-refractivity contribution in [1.82, 2.24) is 20.2 Å². The minimum Gasteiger partial charge on any atom is -0.480 e. The number of carboxylic acid groups (broad SMARTS) is 1. The molecule has 0 saturated heterocycles. The Hall–Kier alpha value is -2.24. The van der Waals surface area contributed by atoms with Gasteiger partial charge in [-0.1, -0.05) is 18.2 Å². The second-order valence-electron chi connectivity index (χ2n) is 4.13. The molecule has 0 radical (unpaired) electrons. The van der Waals surface area contributed by atoms with Crippen LogP contribution in [0.3, 0.4) is 0 Å². The number of hydrogen-bond acceptors (Lipinski definition) is 4. The molecule has 17 heavy (non-hydrogen) atoms. The molecule has 1 aliphatic carbocycles. The second-order valence-corrected chi connectivity index (χ2v) is 4.13. The Morgan fingerprint density at radius 2 is 2.00 bits per heavy atom. The Morgan fingerprint density at radius 3 is 2.59 bits per heavy atom. The molecule has 1 N–H and O–H groups in total. The third-order valence-corrected chi connectivity index (χ3v) is 2.99. The molecule has 0 unspecified atom stereocenters. The number of tetrazole rings is 1. The first-order valence-electron chi connectivity index (χ1n) is 5.32. The normalized spacial score (nSPS) is 16.7. The van der Waals surface area contributed by atoms with E-state index >= 15 is 0 Å². The molecule has 1 aromatic carbocycles. The summed E-state index contributed by atoms with van der Waals surface area (Å²) >= 11 is 0. The van der Waals surface area contributed by atoms with Crippen molar-refractivity contribution in [3.05, 3.63) is 36.2 Å². The van der Waals surface area contributed by atoms with Gasteiger partial charge in [-0.3, -0.25) is 4.79 Å². The van der Waals surface area contributed by atoms with Gasteiger partial charge in [0.1, 0.15) is 5.41 Å². The van der Waals surface area contributed by atoms with Gasteiger partial charge >= 0.3 is 5.97 Å². The van der Waals surface area contributed by atoms with Crippen LogP contribution in [0.5, 0.6) is 0 Å². The van der Waals surface area contributed by atoms with E-state index in [9.17, 15) is 4.79 Å². The maximum atomic E-state index is 11.1. The predicted molar refractivity (Wildman–Crippen MR) is 57.7 cm³/mol. The third-order valence-electron chi connectivity index (χ3n) is 2.99. The van der Waals surface area contributed by atoms with Gasteiger partial charge in [0.15, 0.2) is 5.82 Å². The largest absolute Gasteiger partial charge is 0.480 e. The van der Waals surface area contributed by atoms with Gasteiger partial charge in [-0.25, -0.2) is 0 Å². The van der Waals surface area contributed by atoms with Crippen LogP contribution in [-0.4, -0.2) is 31.3 Å². The number of benzene rings is 1. The number of rotatable bonds is 3. The average Bonchev–Trinajstić information content (AvgIpc) is 3.02. The molecule has 1 aromatic heterocycles. The van der Waals surface area contributed by atoms with E-state index in [-0.39, 0.29) is 0 Å². The summed E-state index contributed by atoms with van der Waals surface area (Å²) in [6, 6.07) is 9.30. The highest BCUT2D eigenvalue weighted by Gasteiger charge is 2.55. The standard InChI is InChI=1S/C11H10N4O2/c16-10(17)11(6-7-11)9-12-14-15(13-9)8-4-2-1-3-5-8/h1-5H,6-7H2,(H,16,17). The summed E-state index contributed by atoms with van der Waals surface area (Å²) in [6.45, 7) is 0. The van der Waals surface area contributed by atoms with Crippen LogP contribution < -0.4 is 0 Å². The Balaban J connectivity index is 1.97. The SMILES string of the molecule is O=C(O)C1(c2nnn(-c3ccccc3)n2)CC1. The van der Waals surface area contributed by atoms with E-state index in [2.05, 4.69) is 15.4 Å². The molecule has 1 fully saturated rings. The quantitative estimate of drug-likeness (QED) is 0.842. The third kappa shape index (κ3) is 1.49. The molecule has 3 rings (SSSR count). The Morgan fingerprint density at radius 1 is 1.29 bits per heavy atom. The number of nitrogens with zero attached hydrogens (tertiary/aromatic N) is 4. The van der Waals surface area contributed by atoms with Gasteiger partial charge in [0.2, 0.25) is 0 Å². The summed E-state index contributed by atoms with van der Waals surface area (Å²) in [5.41, 5.74) is -0.125. The number of hydrogen-bond donors (Lipinski definition) is 1. The fourth-order valence-corrected chi connectivity index (χ4v) is 1.73. The van der Waals surface area contributed by atoms with Crippen molar-refractivity contribution >= 4 is 5.97 Å². The summed E-state index contributed by atoms with van der Waals surface area (Å²) in [5, 5.41) is 21.0. The zero-order valence-corrected chi connectivity index (χ0v) is 8.95. The molecule has 86 valence electrons. The van der Waals surface area contributed by atoms with Crippen LogP contribution in [0.25, 0.3) is 5.69 Å². The van der Waals surface area contributed by atoms with Gasteiger partial charge in [-0.05, 0) is 30.2 Å². The molecule has 0 spiro atoms. The number of aromatic nitrogens is 4. The van der Waals surface area contributed by atoms with Crippen LogP contribution in [0, 0.1) is 0 Å². The first-order chi connectivity index (χ1) is 8.22. The molecule has 2 aromatic rings. The van der Waals surface area contributed by atoms with Crippen LogP contribution in [0.2, 0.25) is 0 Å². The van der Waals surface area contributed by atoms with Crippen molar-refractivity contribution in [3.63, 3.8) is 0 Å². The molecule has 0 amide bonds. The minimum atomic E-state index is -0.896. The highest BCUT2D eigenvalue weighted by Crippen LogP contribution is 2.46. The van der Waals surface area contributed by atoms with Crippen LogP contribution in [-0.2, 0) is 10.2 Å². The molecular weight excluding hydrogens is 220 g/mol. The molecule has 1 saturated carbocycles. The van der Waals surface area contributed by atoms with Crippen molar-refractivity contribution in [2.24, 2.45) is 0 Å². The first-order valence-corrected chi connectivity index (χ1v) is 5.32. The van der Waals surface area contributed by atoms with E-state index in [4.69, 9.17) is 5.11 Å². The zero-order valence-electron chi connectivity index (χ0n) is 8.95. The monoisotopic (exact) mass is 230 g/mol. The topological polar surface area (TPSA) is 80.9 Å². The second kappa shape index (κ2) is 3.38. The van der Waals surface area contributed by atoms with E-state index in [0.717, 1.165) is 5.69 Å². The van der Waals surface area contributed by atoms with Gasteiger partial charge in [-0.2, -0.15) is 0 Å². The van der Waals surface area contributed by atoms with Gasteiger partial charge in [0, 0.05) is 0 Å². The predicted octanol–water partition coefficient (Wildman–Crippen LogP) is 0.778. The van der Waals surface area contributed by atoms with Crippen LogP contribution in [0.4, 0.5) is 0 Å². The molecular formula is C11H10N4O2. The lowest BCUT2D eigenvalue weighted by molar-refractivity contribution is -0.140. The molecule has 1 heterocycles. The van der Waals surface area contributed by atoms with Crippen molar-refractivity contribution in [2.45, 2.75) is 18.3 Å². The number of carbonyl (C=O) groups is 1. The first kappa shape index (κ1) is 9.95. The number of aliphatic carboxylic acids is 1. The van der Waals surface area contributed by atoms with Crippen molar-refractivity contribution < 1.29 is 9.90 Å². The highest BCUT2D eigenvalue weighted by atomic mass is 16.4. The highest BCUT2D eigenvalue weighted by molar-refractivity contribution is 5.83. The lowest BCUT2D eigenvalue weighted by Crippen LogP contribution is -2.21.